The summed E-state index contributed by atoms with van der Waals surface area (Å²) in [7, 11) is 0. The Morgan fingerprint density at radius 2 is 1.93 bits per heavy atom. The molecule has 146 valence electrons. The van der Waals surface area contributed by atoms with Crippen LogP contribution in [0.2, 0.25) is 0 Å². The summed E-state index contributed by atoms with van der Waals surface area (Å²) >= 11 is 0. The van der Waals surface area contributed by atoms with Gasteiger partial charge < -0.3 is 19.5 Å². The van der Waals surface area contributed by atoms with E-state index in [0.717, 1.165) is 67.7 Å². The maximum absolute atomic E-state index is 5.90. The monoisotopic (exact) mass is 377 g/mol. The van der Waals surface area contributed by atoms with Crippen molar-refractivity contribution in [1.82, 2.24) is 15.2 Å². The van der Waals surface area contributed by atoms with Gasteiger partial charge in [0, 0.05) is 57.3 Å². The van der Waals surface area contributed by atoms with Gasteiger partial charge in [-0.05, 0) is 31.2 Å². The number of anilines is 1. The van der Waals surface area contributed by atoms with Crippen LogP contribution in [0.1, 0.15) is 12.7 Å². The van der Waals surface area contributed by atoms with Crippen molar-refractivity contribution < 1.29 is 4.42 Å². The van der Waals surface area contributed by atoms with E-state index in [1.165, 1.54) is 0 Å². The minimum Gasteiger partial charge on any atom is -0.461 e. The second-order valence-corrected chi connectivity index (χ2v) is 6.90. The summed E-state index contributed by atoms with van der Waals surface area (Å²) in [4.78, 5) is 14.0. The zero-order valence-corrected chi connectivity index (χ0v) is 16.3. The molecule has 0 amide bonds. The number of piperazine rings is 1. The van der Waals surface area contributed by atoms with Crippen LogP contribution >= 0.6 is 0 Å². The van der Waals surface area contributed by atoms with Crippen LogP contribution in [0.3, 0.4) is 0 Å². The number of nitrogens with one attached hydrogen (secondary N) is 1. The number of furan rings is 1. The molecule has 1 aromatic carbocycles. The van der Waals surface area contributed by atoms with Crippen LogP contribution < -0.4 is 10.2 Å². The van der Waals surface area contributed by atoms with Crippen molar-refractivity contribution in [3.05, 3.63) is 60.5 Å². The Labute approximate surface area is 165 Å². The highest BCUT2D eigenvalue weighted by molar-refractivity contribution is 5.80. The number of hydrogen-bond acceptors (Lipinski definition) is 4. The summed E-state index contributed by atoms with van der Waals surface area (Å²) in [6, 6.07) is 16.3. The molecule has 6 heteroatoms. The molecule has 1 aliphatic heterocycles. The lowest BCUT2D eigenvalue weighted by atomic mass is 10.2. The van der Waals surface area contributed by atoms with Gasteiger partial charge in [0.2, 0.25) is 0 Å². The van der Waals surface area contributed by atoms with E-state index in [1.807, 2.05) is 36.5 Å². The molecule has 2 aromatic heterocycles. The summed E-state index contributed by atoms with van der Waals surface area (Å²) in [5, 5.41) is 4.58. The summed E-state index contributed by atoms with van der Waals surface area (Å²) in [5.41, 5.74) is 0.944. The van der Waals surface area contributed by atoms with Crippen LogP contribution in [0.4, 0.5) is 5.82 Å². The average molecular weight is 377 g/mol. The van der Waals surface area contributed by atoms with Gasteiger partial charge in [0.05, 0.1) is 0 Å². The van der Waals surface area contributed by atoms with Crippen molar-refractivity contribution in [3.63, 3.8) is 0 Å². The minimum absolute atomic E-state index is 0.711. The lowest BCUT2D eigenvalue weighted by Crippen LogP contribution is -2.52. The van der Waals surface area contributed by atoms with E-state index >= 15 is 0 Å². The van der Waals surface area contributed by atoms with Gasteiger partial charge in [-0.15, -0.1) is 0 Å². The summed E-state index contributed by atoms with van der Waals surface area (Å²) < 4.78 is 5.90. The van der Waals surface area contributed by atoms with Crippen LogP contribution in [0, 0.1) is 0 Å². The number of benzene rings is 1. The first-order valence-electron chi connectivity index (χ1n) is 10.00. The van der Waals surface area contributed by atoms with E-state index in [2.05, 4.69) is 45.2 Å². The topological polar surface area (TPSA) is 56.9 Å². The number of fused-ring (bicyclic) bond motifs is 1. The van der Waals surface area contributed by atoms with E-state index in [4.69, 9.17) is 9.41 Å². The molecule has 0 aliphatic carbocycles. The van der Waals surface area contributed by atoms with Crippen molar-refractivity contribution in [3.8, 4) is 0 Å². The van der Waals surface area contributed by atoms with E-state index in [0.29, 0.717) is 6.54 Å². The molecule has 28 heavy (non-hydrogen) atoms. The highest BCUT2D eigenvalue weighted by Crippen LogP contribution is 2.19. The molecule has 1 fully saturated rings. The molecular formula is C22H27N5O. The average Bonchev–Trinajstić information content (AvgIpc) is 3.17. The Balaban J connectivity index is 1.35. The molecule has 0 atom stereocenters. The quantitative estimate of drug-likeness (QED) is 0.547. The van der Waals surface area contributed by atoms with E-state index < -0.39 is 0 Å². The Hall–Kier alpha value is -3.02. The summed E-state index contributed by atoms with van der Waals surface area (Å²) in [6.45, 7) is 7.46. The molecular weight excluding hydrogens is 350 g/mol. The predicted octanol–water partition coefficient (Wildman–Crippen LogP) is 3.16. The zero-order valence-electron chi connectivity index (χ0n) is 16.3. The molecule has 0 spiro atoms. The Morgan fingerprint density at radius 3 is 2.68 bits per heavy atom. The highest BCUT2D eigenvalue weighted by Gasteiger charge is 2.20. The third-order valence-corrected chi connectivity index (χ3v) is 4.98. The molecule has 4 rings (SSSR count). The Morgan fingerprint density at radius 1 is 1.11 bits per heavy atom. The fourth-order valence-corrected chi connectivity index (χ4v) is 3.55. The first kappa shape index (κ1) is 18.3. The van der Waals surface area contributed by atoms with Crippen molar-refractivity contribution in [2.75, 3.05) is 44.2 Å². The molecule has 0 saturated carbocycles. The standard InChI is InChI=1S/C22H27N5O/c1-2-23-22(25-12-10-19-17-18-7-3-4-8-20(18)28-19)27-15-13-26(14-16-27)21-9-5-6-11-24-21/h3-9,11,17H,2,10,12-16H2,1H3,(H,23,25). The number of rotatable bonds is 5. The van der Waals surface area contributed by atoms with Crippen molar-refractivity contribution in [1.29, 1.82) is 0 Å². The van der Waals surface area contributed by atoms with Crippen molar-refractivity contribution in [2.24, 2.45) is 4.99 Å². The fourth-order valence-electron chi connectivity index (χ4n) is 3.55. The Bertz CT molecular complexity index is 880. The van der Waals surface area contributed by atoms with Gasteiger partial charge >= 0.3 is 0 Å². The SMILES string of the molecule is CCNC(=NCCc1cc2ccccc2o1)N1CCN(c2ccccn2)CC1. The summed E-state index contributed by atoms with van der Waals surface area (Å²) in [6.07, 6.45) is 2.66. The van der Waals surface area contributed by atoms with Gasteiger partial charge in [-0.2, -0.15) is 0 Å². The third-order valence-electron chi connectivity index (χ3n) is 4.98. The van der Waals surface area contributed by atoms with Crippen LogP contribution in [-0.2, 0) is 6.42 Å². The van der Waals surface area contributed by atoms with Crippen LogP contribution in [0.25, 0.3) is 11.0 Å². The molecule has 1 N–H and O–H groups in total. The first-order chi connectivity index (χ1) is 13.8. The van der Waals surface area contributed by atoms with Gasteiger partial charge in [0.1, 0.15) is 17.2 Å². The Kier molecular flexibility index (Phi) is 5.75. The second-order valence-electron chi connectivity index (χ2n) is 6.90. The molecule has 0 radical (unpaired) electrons. The van der Waals surface area contributed by atoms with Gasteiger partial charge in [-0.25, -0.2) is 4.98 Å². The lowest BCUT2D eigenvalue weighted by molar-refractivity contribution is 0.371. The van der Waals surface area contributed by atoms with Crippen LogP contribution in [0.5, 0.6) is 0 Å². The first-order valence-corrected chi connectivity index (χ1v) is 10.00. The number of pyridine rings is 1. The normalized spacial score (nSPS) is 15.2. The van der Waals surface area contributed by atoms with E-state index in [9.17, 15) is 0 Å². The fraction of sp³-hybridized carbons (Fsp3) is 0.364. The molecule has 0 bridgehead atoms. The maximum atomic E-state index is 5.90. The third kappa shape index (κ3) is 4.27. The number of hydrogen-bond donors (Lipinski definition) is 1. The second kappa shape index (κ2) is 8.78. The predicted molar refractivity (Wildman–Crippen MR) is 114 cm³/mol. The van der Waals surface area contributed by atoms with Gasteiger partial charge in [0.25, 0.3) is 0 Å². The number of para-hydroxylation sites is 1. The summed E-state index contributed by atoms with van der Waals surface area (Å²) in [5.74, 6) is 3.02. The zero-order chi connectivity index (χ0) is 19.2. The molecule has 0 unspecified atom stereocenters. The number of aliphatic imine (C=N–C) groups is 1. The smallest absolute Gasteiger partial charge is 0.194 e. The lowest BCUT2D eigenvalue weighted by Gasteiger charge is -2.37. The van der Waals surface area contributed by atoms with Crippen molar-refractivity contribution in [2.45, 2.75) is 13.3 Å². The molecule has 1 saturated heterocycles. The van der Waals surface area contributed by atoms with Crippen LogP contribution in [-0.4, -0.2) is 55.1 Å². The van der Waals surface area contributed by atoms with Gasteiger partial charge in [0.15, 0.2) is 5.96 Å². The van der Waals surface area contributed by atoms with Gasteiger partial charge in [-0.3, -0.25) is 4.99 Å². The number of nitrogens with zero attached hydrogens (tertiary/aromatic N) is 4. The largest absolute Gasteiger partial charge is 0.461 e. The molecule has 3 heterocycles. The van der Waals surface area contributed by atoms with E-state index in [1.54, 1.807) is 0 Å². The van der Waals surface area contributed by atoms with Gasteiger partial charge in [-0.1, -0.05) is 24.3 Å². The molecule has 1 aliphatic rings. The molecule has 6 nitrogen and oxygen atoms in total. The molecule has 3 aromatic rings. The number of aromatic nitrogens is 1. The van der Waals surface area contributed by atoms with Crippen LogP contribution in [0.15, 0.2) is 64.1 Å². The maximum Gasteiger partial charge on any atom is 0.194 e. The van der Waals surface area contributed by atoms with Crippen molar-refractivity contribution >= 4 is 22.7 Å². The minimum atomic E-state index is 0.711. The highest BCUT2D eigenvalue weighted by atomic mass is 16.3. The van der Waals surface area contributed by atoms with E-state index in [-0.39, 0.29) is 0 Å². The number of guanidine groups is 1.